The van der Waals surface area contributed by atoms with Gasteiger partial charge in [-0.3, -0.25) is 0 Å². The maximum atomic E-state index is 3.59. The average molecular weight is 217 g/mol. The van der Waals surface area contributed by atoms with Crippen LogP contribution in [0.4, 0.5) is 0 Å². The fourth-order valence-electron chi connectivity index (χ4n) is 2.52. The molecule has 1 heteroatoms. The molecule has 1 aromatic carbocycles. The first kappa shape index (κ1) is 11.7. The molecule has 0 spiro atoms. The first-order chi connectivity index (χ1) is 7.75. The molecule has 0 heterocycles. The number of hydrogen-bond acceptors (Lipinski definition) is 1. The van der Waals surface area contributed by atoms with Crippen molar-refractivity contribution < 1.29 is 0 Å². The molecule has 16 heavy (non-hydrogen) atoms. The van der Waals surface area contributed by atoms with E-state index < -0.39 is 0 Å². The van der Waals surface area contributed by atoms with Crippen LogP contribution >= 0.6 is 0 Å². The number of nitrogens with one attached hydrogen (secondary N) is 1. The molecule has 2 rings (SSSR count). The Balaban J connectivity index is 1.83. The van der Waals surface area contributed by atoms with Gasteiger partial charge in [0.15, 0.2) is 0 Å². The van der Waals surface area contributed by atoms with Gasteiger partial charge in [0.1, 0.15) is 0 Å². The summed E-state index contributed by atoms with van der Waals surface area (Å²) in [6.45, 7) is 6.87. The predicted molar refractivity (Wildman–Crippen MR) is 69.7 cm³/mol. The lowest BCUT2D eigenvalue weighted by Crippen LogP contribution is -2.29. The maximum Gasteiger partial charge on any atom is -0.00171 e. The van der Waals surface area contributed by atoms with Crippen molar-refractivity contribution in [2.24, 2.45) is 11.8 Å². The van der Waals surface area contributed by atoms with Crippen LogP contribution in [0.2, 0.25) is 0 Å². The van der Waals surface area contributed by atoms with E-state index in [2.05, 4.69) is 43.4 Å². The Bertz CT molecular complexity index is 330. The Hall–Kier alpha value is -0.820. The minimum absolute atomic E-state index is 0.760. The summed E-state index contributed by atoms with van der Waals surface area (Å²) in [5, 5.41) is 3.59. The summed E-state index contributed by atoms with van der Waals surface area (Å²) in [4.78, 5) is 0. The first-order valence-corrected chi connectivity index (χ1v) is 6.53. The molecule has 1 aliphatic rings. The predicted octanol–water partition coefficient (Wildman–Crippen LogP) is 3.04. The topological polar surface area (TPSA) is 12.0 Å². The smallest absolute Gasteiger partial charge is 0.00171 e. The molecular weight excluding hydrogens is 194 g/mol. The second-order valence-electron chi connectivity index (χ2n) is 5.43. The second-order valence-corrected chi connectivity index (χ2v) is 5.43. The molecule has 88 valence electrons. The quantitative estimate of drug-likeness (QED) is 0.817. The summed E-state index contributed by atoms with van der Waals surface area (Å²) >= 11 is 0. The zero-order valence-corrected chi connectivity index (χ0v) is 10.5. The molecule has 0 aromatic heterocycles. The minimum atomic E-state index is 0.760. The van der Waals surface area contributed by atoms with Crippen molar-refractivity contribution in [2.75, 3.05) is 13.1 Å². The summed E-state index contributed by atoms with van der Waals surface area (Å²) in [5.41, 5.74) is 3.15. The van der Waals surface area contributed by atoms with Crippen molar-refractivity contribution in [3.8, 4) is 0 Å². The van der Waals surface area contributed by atoms with E-state index in [1.807, 2.05) is 0 Å². The van der Waals surface area contributed by atoms with Crippen molar-refractivity contribution >= 4 is 0 Å². The highest BCUT2D eigenvalue weighted by Crippen LogP contribution is 2.24. The molecule has 0 bridgehead atoms. The van der Waals surface area contributed by atoms with Gasteiger partial charge in [-0.1, -0.05) is 38.1 Å². The van der Waals surface area contributed by atoms with Crippen LogP contribution in [0.1, 0.15) is 31.4 Å². The number of benzene rings is 1. The van der Waals surface area contributed by atoms with Gasteiger partial charge in [-0.2, -0.15) is 0 Å². The third-order valence-electron chi connectivity index (χ3n) is 3.43. The fourth-order valence-corrected chi connectivity index (χ4v) is 2.52. The average Bonchev–Trinajstić information content (AvgIpc) is 2.28. The Morgan fingerprint density at radius 3 is 2.75 bits per heavy atom. The number of hydrogen-bond donors (Lipinski definition) is 1. The van der Waals surface area contributed by atoms with Crippen molar-refractivity contribution in [1.29, 1.82) is 0 Å². The van der Waals surface area contributed by atoms with Gasteiger partial charge in [0.05, 0.1) is 0 Å². The van der Waals surface area contributed by atoms with Crippen molar-refractivity contribution in [3.63, 3.8) is 0 Å². The summed E-state index contributed by atoms with van der Waals surface area (Å²) in [6, 6.07) is 8.91. The van der Waals surface area contributed by atoms with Crippen LogP contribution < -0.4 is 5.32 Å². The summed E-state index contributed by atoms with van der Waals surface area (Å²) < 4.78 is 0. The summed E-state index contributed by atoms with van der Waals surface area (Å²) in [7, 11) is 0. The highest BCUT2D eigenvalue weighted by Gasteiger charge is 2.17. The Morgan fingerprint density at radius 1 is 1.25 bits per heavy atom. The van der Waals surface area contributed by atoms with Gasteiger partial charge in [-0.15, -0.1) is 0 Å². The lowest BCUT2D eigenvalue weighted by Gasteiger charge is -2.25. The van der Waals surface area contributed by atoms with Gasteiger partial charge in [-0.05, 0) is 55.3 Å². The lowest BCUT2D eigenvalue weighted by molar-refractivity contribution is 0.409. The Morgan fingerprint density at radius 2 is 2.00 bits per heavy atom. The van der Waals surface area contributed by atoms with E-state index in [0.717, 1.165) is 18.4 Å². The molecular formula is C15H23N. The molecule has 0 amide bonds. The Labute approximate surface area is 99.3 Å². The van der Waals surface area contributed by atoms with Crippen LogP contribution in [0.15, 0.2) is 24.3 Å². The SMILES string of the molecule is CC(C)CNCC1CCc2ccccc2C1. The number of fused-ring (bicyclic) bond motifs is 1. The van der Waals surface area contributed by atoms with Crippen LogP contribution in [0.3, 0.4) is 0 Å². The molecule has 0 saturated carbocycles. The molecule has 0 saturated heterocycles. The van der Waals surface area contributed by atoms with E-state index in [1.54, 1.807) is 11.1 Å². The van der Waals surface area contributed by atoms with E-state index in [0.29, 0.717) is 0 Å². The van der Waals surface area contributed by atoms with E-state index in [-0.39, 0.29) is 0 Å². The molecule has 1 nitrogen and oxygen atoms in total. The fraction of sp³-hybridized carbons (Fsp3) is 0.600. The van der Waals surface area contributed by atoms with Crippen molar-refractivity contribution in [2.45, 2.75) is 33.1 Å². The largest absolute Gasteiger partial charge is 0.316 e. The normalized spacial score (nSPS) is 19.8. The van der Waals surface area contributed by atoms with Crippen LogP contribution in [0, 0.1) is 11.8 Å². The zero-order chi connectivity index (χ0) is 11.4. The third kappa shape index (κ3) is 3.08. The van der Waals surface area contributed by atoms with Gasteiger partial charge >= 0.3 is 0 Å². The summed E-state index contributed by atoms with van der Waals surface area (Å²) in [6.07, 6.45) is 3.88. The number of rotatable bonds is 4. The molecule has 1 N–H and O–H groups in total. The van der Waals surface area contributed by atoms with E-state index in [1.165, 1.54) is 25.8 Å². The first-order valence-electron chi connectivity index (χ1n) is 6.53. The van der Waals surface area contributed by atoms with Crippen LogP contribution in [0.25, 0.3) is 0 Å². The highest BCUT2D eigenvalue weighted by atomic mass is 14.9. The lowest BCUT2D eigenvalue weighted by atomic mass is 9.84. The molecule has 1 aliphatic carbocycles. The van der Waals surface area contributed by atoms with Crippen LogP contribution in [-0.4, -0.2) is 13.1 Å². The number of aryl methyl sites for hydroxylation is 1. The van der Waals surface area contributed by atoms with Crippen molar-refractivity contribution in [1.82, 2.24) is 5.32 Å². The molecule has 1 aromatic rings. The van der Waals surface area contributed by atoms with Gasteiger partial charge in [0.2, 0.25) is 0 Å². The molecule has 1 unspecified atom stereocenters. The van der Waals surface area contributed by atoms with Gasteiger partial charge in [0.25, 0.3) is 0 Å². The zero-order valence-electron chi connectivity index (χ0n) is 10.5. The Kier molecular flexibility index (Phi) is 4.00. The molecule has 0 fully saturated rings. The maximum absolute atomic E-state index is 3.59. The van der Waals surface area contributed by atoms with Gasteiger partial charge in [0, 0.05) is 0 Å². The van der Waals surface area contributed by atoms with Gasteiger partial charge in [-0.25, -0.2) is 0 Å². The highest BCUT2D eigenvalue weighted by molar-refractivity contribution is 5.29. The van der Waals surface area contributed by atoms with E-state index in [9.17, 15) is 0 Å². The van der Waals surface area contributed by atoms with Gasteiger partial charge < -0.3 is 5.32 Å². The van der Waals surface area contributed by atoms with E-state index in [4.69, 9.17) is 0 Å². The molecule has 1 atom stereocenters. The minimum Gasteiger partial charge on any atom is -0.316 e. The van der Waals surface area contributed by atoms with Crippen LogP contribution in [0.5, 0.6) is 0 Å². The second kappa shape index (κ2) is 5.49. The third-order valence-corrected chi connectivity index (χ3v) is 3.43. The molecule has 0 aliphatic heterocycles. The van der Waals surface area contributed by atoms with Crippen LogP contribution in [-0.2, 0) is 12.8 Å². The monoisotopic (exact) mass is 217 g/mol. The standard InChI is InChI=1S/C15H23N/c1-12(2)10-16-11-13-7-8-14-5-3-4-6-15(14)9-13/h3-6,12-13,16H,7-11H2,1-2H3. The van der Waals surface area contributed by atoms with Crippen molar-refractivity contribution in [3.05, 3.63) is 35.4 Å². The summed E-state index contributed by atoms with van der Waals surface area (Å²) in [5.74, 6) is 1.60. The van der Waals surface area contributed by atoms with E-state index >= 15 is 0 Å². The molecule has 0 radical (unpaired) electrons.